The molecule has 0 fully saturated rings. The third-order valence-electron chi connectivity index (χ3n) is 3.75. The number of hydrogen-bond donors (Lipinski definition) is 0. The third-order valence-corrected chi connectivity index (χ3v) is 3.75. The van der Waals surface area contributed by atoms with Crippen LogP contribution in [0, 0.1) is 12.8 Å². The van der Waals surface area contributed by atoms with Crippen LogP contribution in [-0.2, 0) is 19.4 Å². The number of hydrogen-bond acceptors (Lipinski definition) is 2. The van der Waals surface area contributed by atoms with Crippen LogP contribution in [-0.4, -0.2) is 14.8 Å². The van der Waals surface area contributed by atoms with Crippen molar-refractivity contribution < 1.29 is 0 Å². The molecule has 0 radical (unpaired) electrons. The van der Waals surface area contributed by atoms with Crippen LogP contribution >= 0.6 is 0 Å². The summed E-state index contributed by atoms with van der Waals surface area (Å²) in [6.07, 6.45) is 3.16. The Morgan fingerprint density at radius 3 is 3.00 bits per heavy atom. The highest BCUT2D eigenvalue weighted by atomic mass is 15.4. The van der Waals surface area contributed by atoms with Crippen molar-refractivity contribution in [3.8, 4) is 0 Å². The summed E-state index contributed by atoms with van der Waals surface area (Å²) in [5, 5.41) is 4.64. The van der Waals surface area contributed by atoms with Gasteiger partial charge < -0.3 is 0 Å². The van der Waals surface area contributed by atoms with E-state index >= 15 is 0 Å². The number of benzene rings is 1. The summed E-state index contributed by atoms with van der Waals surface area (Å²) in [5.74, 6) is 2.86. The van der Waals surface area contributed by atoms with Crippen molar-refractivity contribution in [3.63, 3.8) is 0 Å². The van der Waals surface area contributed by atoms with Gasteiger partial charge >= 0.3 is 0 Å². The summed E-state index contributed by atoms with van der Waals surface area (Å²) in [5.41, 5.74) is 2.65. The van der Waals surface area contributed by atoms with E-state index in [4.69, 9.17) is 0 Å². The Bertz CT molecular complexity index is 557. The highest BCUT2D eigenvalue weighted by Crippen LogP contribution is 2.19. The maximum Gasteiger partial charge on any atom is 0.155 e. The van der Waals surface area contributed by atoms with E-state index in [2.05, 4.69) is 52.9 Å². The molecule has 1 aliphatic heterocycles. The van der Waals surface area contributed by atoms with Crippen LogP contribution in [0.15, 0.2) is 24.3 Å². The van der Waals surface area contributed by atoms with Gasteiger partial charge in [0.2, 0.25) is 0 Å². The molecule has 1 aromatic carbocycles. The molecule has 0 spiro atoms. The van der Waals surface area contributed by atoms with Gasteiger partial charge in [0, 0.05) is 19.4 Å². The third kappa shape index (κ3) is 2.17. The highest BCUT2D eigenvalue weighted by Gasteiger charge is 2.18. The molecule has 0 amide bonds. The van der Waals surface area contributed by atoms with Gasteiger partial charge in [-0.25, -0.2) is 9.67 Å². The molecule has 0 bridgehead atoms. The Labute approximate surface area is 108 Å². The second-order valence-corrected chi connectivity index (χ2v) is 5.37. The van der Waals surface area contributed by atoms with Crippen molar-refractivity contribution in [2.75, 3.05) is 0 Å². The Morgan fingerprint density at radius 1 is 1.33 bits per heavy atom. The fourth-order valence-electron chi connectivity index (χ4n) is 2.57. The van der Waals surface area contributed by atoms with Gasteiger partial charge in [-0.1, -0.05) is 31.2 Å². The number of fused-ring (bicyclic) bond motifs is 1. The molecule has 0 aliphatic carbocycles. The molecule has 1 unspecified atom stereocenters. The SMILES string of the molecule is Cc1ccccc1Cc1nc2n(n1)CC(C)CC2. The van der Waals surface area contributed by atoms with E-state index in [1.54, 1.807) is 0 Å². The highest BCUT2D eigenvalue weighted by molar-refractivity contribution is 5.28. The standard InChI is InChI=1S/C15H19N3/c1-11-7-8-15-16-14(17-18(15)10-11)9-13-6-4-3-5-12(13)2/h3-6,11H,7-10H2,1-2H3. The zero-order valence-corrected chi connectivity index (χ0v) is 11.1. The minimum Gasteiger partial charge on any atom is -0.250 e. The van der Waals surface area contributed by atoms with E-state index in [9.17, 15) is 0 Å². The lowest BCUT2D eigenvalue weighted by Crippen LogP contribution is -2.18. The van der Waals surface area contributed by atoms with Gasteiger partial charge in [-0.05, 0) is 30.4 Å². The van der Waals surface area contributed by atoms with Crippen LogP contribution in [0.5, 0.6) is 0 Å². The lowest BCUT2D eigenvalue weighted by molar-refractivity contribution is 0.367. The van der Waals surface area contributed by atoms with Crippen molar-refractivity contribution in [1.82, 2.24) is 14.8 Å². The minimum absolute atomic E-state index is 0.727. The lowest BCUT2D eigenvalue weighted by atomic mass is 10.0. The Morgan fingerprint density at radius 2 is 2.17 bits per heavy atom. The van der Waals surface area contributed by atoms with Crippen molar-refractivity contribution in [1.29, 1.82) is 0 Å². The molecular formula is C15H19N3. The summed E-state index contributed by atoms with van der Waals surface area (Å²) in [7, 11) is 0. The number of aryl methyl sites for hydroxylation is 2. The molecule has 94 valence electrons. The van der Waals surface area contributed by atoms with E-state index in [1.807, 2.05) is 0 Å². The summed E-state index contributed by atoms with van der Waals surface area (Å²) < 4.78 is 2.10. The Balaban J connectivity index is 1.84. The molecule has 3 heteroatoms. The molecule has 0 saturated carbocycles. The first-order valence-corrected chi connectivity index (χ1v) is 6.69. The average Bonchev–Trinajstić information content (AvgIpc) is 2.73. The van der Waals surface area contributed by atoms with Crippen LogP contribution in [0.2, 0.25) is 0 Å². The van der Waals surface area contributed by atoms with Crippen molar-refractivity contribution >= 4 is 0 Å². The molecule has 0 saturated heterocycles. The van der Waals surface area contributed by atoms with Gasteiger partial charge in [0.1, 0.15) is 5.82 Å². The van der Waals surface area contributed by atoms with Gasteiger partial charge in [-0.15, -0.1) is 0 Å². The lowest BCUT2D eigenvalue weighted by Gasteiger charge is -2.17. The van der Waals surface area contributed by atoms with Gasteiger partial charge in [0.15, 0.2) is 5.82 Å². The van der Waals surface area contributed by atoms with Crippen LogP contribution in [0.25, 0.3) is 0 Å². The first-order chi connectivity index (χ1) is 8.72. The maximum absolute atomic E-state index is 4.67. The quantitative estimate of drug-likeness (QED) is 0.809. The van der Waals surface area contributed by atoms with Gasteiger partial charge in [-0.2, -0.15) is 5.10 Å². The van der Waals surface area contributed by atoms with Gasteiger partial charge in [-0.3, -0.25) is 0 Å². The zero-order valence-electron chi connectivity index (χ0n) is 11.1. The monoisotopic (exact) mass is 241 g/mol. The van der Waals surface area contributed by atoms with E-state index in [0.29, 0.717) is 0 Å². The molecule has 1 aliphatic rings. The molecule has 0 N–H and O–H groups in total. The molecule has 2 heterocycles. The Hall–Kier alpha value is -1.64. The summed E-state index contributed by atoms with van der Waals surface area (Å²) in [6, 6.07) is 8.47. The fraction of sp³-hybridized carbons (Fsp3) is 0.467. The van der Waals surface area contributed by atoms with E-state index in [1.165, 1.54) is 17.5 Å². The first kappa shape index (κ1) is 11.5. The maximum atomic E-state index is 4.67. The van der Waals surface area contributed by atoms with Crippen LogP contribution in [0.3, 0.4) is 0 Å². The number of nitrogens with zero attached hydrogens (tertiary/aromatic N) is 3. The Kier molecular flexibility index (Phi) is 2.90. The number of aromatic nitrogens is 3. The van der Waals surface area contributed by atoms with Gasteiger partial charge in [0.05, 0.1) is 0 Å². The van der Waals surface area contributed by atoms with Crippen molar-refractivity contribution in [2.45, 2.75) is 39.7 Å². The molecule has 1 aromatic heterocycles. The molecule has 3 nitrogen and oxygen atoms in total. The summed E-state index contributed by atoms with van der Waals surface area (Å²) in [6.45, 7) is 5.45. The number of rotatable bonds is 2. The molecular weight excluding hydrogens is 222 g/mol. The second-order valence-electron chi connectivity index (χ2n) is 5.37. The fourth-order valence-corrected chi connectivity index (χ4v) is 2.57. The molecule has 18 heavy (non-hydrogen) atoms. The average molecular weight is 241 g/mol. The topological polar surface area (TPSA) is 30.7 Å². The summed E-state index contributed by atoms with van der Waals surface area (Å²) in [4.78, 5) is 4.67. The molecule has 2 aromatic rings. The predicted molar refractivity (Wildman–Crippen MR) is 71.5 cm³/mol. The zero-order chi connectivity index (χ0) is 12.5. The van der Waals surface area contributed by atoms with Crippen LogP contribution in [0.1, 0.15) is 36.1 Å². The van der Waals surface area contributed by atoms with Gasteiger partial charge in [0.25, 0.3) is 0 Å². The minimum atomic E-state index is 0.727. The van der Waals surface area contributed by atoms with Crippen LogP contribution in [0.4, 0.5) is 0 Å². The second kappa shape index (κ2) is 4.56. The van der Waals surface area contributed by atoms with E-state index in [0.717, 1.165) is 37.0 Å². The van der Waals surface area contributed by atoms with E-state index < -0.39 is 0 Å². The van der Waals surface area contributed by atoms with Crippen molar-refractivity contribution in [2.24, 2.45) is 5.92 Å². The van der Waals surface area contributed by atoms with E-state index in [-0.39, 0.29) is 0 Å². The van der Waals surface area contributed by atoms with Crippen LogP contribution < -0.4 is 0 Å². The first-order valence-electron chi connectivity index (χ1n) is 6.69. The normalized spacial score (nSPS) is 18.7. The smallest absolute Gasteiger partial charge is 0.155 e. The van der Waals surface area contributed by atoms with Crippen molar-refractivity contribution in [3.05, 3.63) is 47.0 Å². The molecule has 3 rings (SSSR count). The largest absolute Gasteiger partial charge is 0.250 e. The summed E-state index contributed by atoms with van der Waals surface area (Å²) >= 11 is 0. The molecule has 1 atom stereocenters. The predicted octanol–water partition coefficient (Wildman–Crippen LogP) is 2.76.